The highest BCUT2D eigenvalue weighted by molar-refractivity contribution is 6.31. The van der Waals surface area contributed by atoms with Crippen LogP contribution in [0.5, 0.6) is 0 Å². The van der Waals surface area contributed by atoms with Crippen molar-refractivity contribution in [2.45, 2.75) is 33.4 Å². The molecule has 0 aliphatic carbocycles. The number of hydrogen-bond acceptors (Lipinski definition) is 1. The summed E-state index contributed by atoms with van der Waals surface area (Å²) in [5, 5.41) is 3.85. The summed E-state index contributed by atoms with van der Waals surface area (Å²) in [4.78, 5) is 0. The maximum absolute atomic E-state index is 13.9. The van der Waals surface area contributed by atoms with Crippen LogP contribution in [0.4, 0.5) is 8.78 Å². The van der Waals surface area contributed by atoms with Crippen LogP contribution in [-0.4, -0.2) is 6.04 Å². The molecule has 2 aromatic rings. The lowest BCUT2D eigenvalue weighted by Gasteiger charge is -2.12. The summed E-state index contributed by atoms with van der Waals surface area (Å²) in [6.07, 6.45) is 0. The molecule has 1 N–H and O–H groups in total. The predicted molar refractivity (Wildman–Crippen MR) is 83.5 cm³/mol. The van der Waals surface area contributed by atoms with Crippen LogP contribution in [0.25, 0.3) is 11.1 Å². The highest BCUT2D eigenvalue weighted by atomic mass is 35.5. The minimum absolute atomic E-state index is 0.359. The van der Waals surface area contributed by atoms with Crippen LogP contribution in [-0.2, 0) is 6.54 Å². The Labute approximate surface area is 128 Å². The summed E-state index contributed by atoms with van der Waals surface area (Å²) >= 11 is 6.25. The summed E-state index contributed by atoms with van der Waals surface area (Å²) in [6.45, 7) is 6.38. The molecule has 0 aliphatic heterocycles. The lowest BCUT2D eigenvalue weighted by Crippen LogP contribution is -2.21. The number of rotatable bonds is 4. The Morgan fingerprint density at radius 1 is 1.10 bits per heavy atom. The van der Waals surface area contributed by atoms with E-state index in [-0.39, 0.29) is 0 Å². The third kappa shape index (κ3) is 3.80. The molecule has 0 aliphatic rings. The number of nitrogens with one attached hydrogen (secondary N) is 1. The quantitative estimate of drug-likeness (QED) is 0.829. The molecule has 0 atom stereocenters. The van der Waals surface area contributed by atoms with E-state index in [9.17, 15) is 8.78 Å². The van der Waals surface area contributed by atoms with Gasteiger partial charge >= 0.3 is 0 Å². The molecule has 0 heterocycles. The molecule has 0 amide bonds. The SMILES string of the molecule is Cc1cc(-c2ccc(CNC(C)C)c(Cl)c2)c(F)cc1F. The van der Waals surface area contributed by atoms with E-state index in [4.69, 9.17) is 11.6 Å². The third-order valence-electron chi connectivity index (χ3n) is 3.31. The zero-order chi connectivity index (χ0) is 15.6. The average molecular weight is 310 g/mol. The Hall–Kier alpha value is -1.45. The fraction of sp³-hybridized carbons (Fsp3) is 0.294. The van der Waals surface area contributed by atoms with Gasteiger partial charge in [-0.2, -0.15) is 0 Å². The highest BCUT2D eigenvalue weighted by Gasteiger charge is 2.11. The molecule has 4 heteroatoms. The van der Waals surface area contributed by atoms with E-state index < -0.39 is 11.6 Å². The molecular formula is C17H18ClF2N. The molecular weight excluding hydrogens is 292 g/mol. The van der Waals surface area contributed by atoms with Gasteiger partial charge in [0.05, 0.1) is 0 Å². The molecule has 1 nitrogen and oxygen atoms in total. The summed E-state index contributed by atoms with van der Waals surface area (Å²) in [5.74, 6) is -1.12. The van der Waals surface area contributed by atoms with Crippen molar-refractivity contribution in [2.75, 3.05) is 0 Å². The summed E-state index contributed by atoms with van der Waals surface area (Å²) in [5.41, 5.74) is 2.37. The van der Waals surface area contributed by atoms with Crippen LogP contribution in [0, 0.1) is 18.6 Å². The molecule has 0 unspecified atom stereocenters. The Morgan fingerprint density at radius 3 is 2.43 bits per heavy atom. The van der Waals surface area contributed by atoms with Gasteiger partial charge in [0.25, 0.3) is 0 Å². The molecule has 2 aromatic carbocycles. The van der Waals surface area contributed by atoms with Crippen LogP contribution in [0.3, 0.4) is 0 Å². The number of aryl methyl sites for hydroxylation is 1. The van der Waals surface area contributed by atoms with E-state index in [0.29, 0.717) is 34.3 Å². The minimum Gasteiger partial charge on any atom is -0.310 e. The van der Waals surface area contributed by atoms with Gasteiger partial charge in [0.1, 0.15) is 11.6 Å². The van der Waals surface area contributed by atoms with E-state index in [1.165, 1.54) is 6.07 Å². The fourth-order valence-corrected chi connectivity index (χ4v) is 2.30. The van der Waals surface area contributed by atoms with Gasteiger partial charge in [0.15, 0.2) is 0 Å². The van der Waals surface area contributed by atoms with Crippen molar-refractivity contribution in [3.05, 3.63) is 58.1 Å². The zero-order valence-corrected chi connectivity index (χ0v) is 13.1. The van der Waals surface area contributed by atoms with Gasteiger partial charge in [-0.1, -0.05) is 37.6 Å². The standard InChI is InChI=1S/C17H18ClF2N/c1-10(2)21-9-13-5-4-12(7-15(13)18)14-6-11(3)16(19)8-17(14)20/h4-8,10,21H,9H2,1-3H3. The Morgan fingerprint density at radius 2 is 1.81 bits per heavy atom. The molecule has 112 valence electrons. The number of halogens is 3. The van der Waals surface area contributed by atoms with Crippen LogP contribution in [0.15, 0.2) is 30.3 Å². The second kappa shape index (κ2) is 6.54. The third-order valence-corrected chi connectivity index (χ3v) is 3.66. The molecule has 0 spiro atoms. The van der Waals surface area contributed by atoms with Gasteiger partial charge in [-0.15, -0.1) is 0 Å². The van der Waals surface area contributed by atoms with E-state index in [1.807, 2.05) is 6.07 Å². The molecule has 0 saturated carbocycles. The van der Waals surface area contributed by atoms with Gasteiger partial charge in [-0.3, -0.25) is 0 Å². The van der Waals surface area contributed by atoms with E-state index in [0.717, 1.165) is 11.6 Å². The maximum Gasteiger partial charge on any atom is 0.133 e. The first-order valence-electron chi connectivity index (χ1n) is 6.86. The van der Waals surface area contributed by atoms with Crippen molar-refractivity contribution >= 4 is 11.6 Å². The van der Waals surface area contributed by atoms with Crippen molar-refractivity contribution in [1.29, 1.82) is 0 Å². The topological polar surface area (TPSA) is 12.0 Å². The summed E-state index contributed by atoms with van der Waals surface area (Å²) in [7, 11) is 0. The molecule has 0 bridgehead atoms. The van der Waals surface area contributed by atoms with Crippen LogP contribution >= 0.6 is 11.6 Å². The van der Waals surface area contributed by atoms with Crippen LogP contribution < -0.4 is 5.32 Å². The highest BCUT2D eigenvalue weighted by Crippen LogP contribution is 2.29. The first-order valence-corrected chi connectivity index (χ1v) is 7.24. The smallest absolute Gasteiger partial charge is 0.133 e. The zero-order valence-electron chi connectivity index (χ0n) is 12.3. The Kier molecular flexibility index (Phi) is 4.96. The van der Waals surface area contributed by atoms with Gasteiger partial charge < -0.3 is 5.32 Å². The maximum atomic E-state index is 13.9. The second-order valence-electron chi connectivity index (χ2n) is 5.42. The molecule has 0 saturated heterocycles. The normalized spacial score (nSPS) is 11.2. The first-order chi connectivity index (χ1) is 9.88. The van der Waals surface area contributed by atoms with Gasteiger partial charge in [-0.25, -0.2) is 8.78 Å². The number of hydrogen-bond donors (Lipinski definition) is 1. The van der Waals surface area contributed by atoms with Crippen molar-refractivity contribution in [1.82, 2.24) is 5.32 Å². The molecule has 21 heavy (non-hydrogen) atoms. The predicted octanol–water partition coefficient (Wildman–Crippen LogP) is 5.09. The Balaban J connectivity index is 2.34. The largest absolute Gasteiger partial charge is 0.310 e. The summed E-state index contributed by atoms with van der Waals surface area (Å²) in [6, 6.07) is 8.16. The Bertz CT molecular complexity index is 653. The van der Waals surface area contributed by atoms with Crippen molar-refractivity contribution in [3.8, 4) is 11.1 Å². The average Bonchev–Trinajstić information content (AvgIpc) is 2.41. The van der Waals surface area contributed by atoms with E-state index in [2.05, 4.69) is 19.2 Å². The van der Waals surface area contributed by atoms with Crippen LogP contribution in [0.2, 0.25) is 5.02 Å². The lowest BCUT2D eigenvalue weighted by atomic mass is 10.0. The minimum atomic E-state index is -0.581. The fourth-order valence-electron chi connectivity index (χ4n) is 2.05. The van der Waals surface area contributed by atoms with Gasteiger partial charge in [0.2, 0.25) is 0 Å². The van der Waals surface area contributed by atoms with Crippen molar-refractivity contribution in [2.24, 2.45) is 0 Å². The number of benzene rings is 2. The van der Waals surface area contributed by atoms with Gasteiger partial charge in [-0.05, 0) is 35.7 Å². The van der Waals surface area contributed by atoms with E-state index >= 15 is 0 Å². The van der Waals surface area contributed by atoms with Gasteiger partial charge in [0, 0.05) is 29.2 Å². The van der Waals surface area contributed by atoms with Crippen molar-refractivity contribution in [3.63, 3.8) is 0 Å². The molecule has 0 aromatic heterocycles. The second-order valence-corrected chi connectivity index (χ2v) is 5.83. The first kappa shape index (κ1) is 15.9. The molecule has 0 radical (unpaired) electrons. The lowest BCUT2D eigenvalue weighted by molar-refractivity contribution is 0.579. The monoisotopic (exact) mass is 309 g/mol. The van der Waals surface area contributed by atoms with Crippen LogP contribution in [0.1, 0.15) is 25.0 Å². The molecule has 0 fully saturated rings. The summed E-state index contributed by atoms with van der Waals surface area (Å²) < 4.78 is 27.2. The van der Waals surface area contributed by atoms with E-state index in [1.54, 1.807) is 19.1 Å². The van der Waals surface area contributed by atoms with Crippen molar-refractivity contribution < 1.29 is 8.78 Å². The molecule has 2 rings (SSSR count).